The molecule has 96 valence electrons. The lowest BCUT2D eigenvalue weighted by molar-refractivity contribution is -0.118. The Morgan fingerprint density at radius 1 is 1.42 bits per heavy atom. The molecule has 6 heteroatoms. The summed E-state index contributed by atoms with van der Waals surface area (Å²) >= 11 is 1.34. The molecule has 0 unspecified atom stereocenters. The van der Waals surface area contributed by atoms with Gasteiger partial charge in [0.05, 0.1) is 12.0 Å². The third-order valence-corrected chi connectivity index (χ3v) is 3.51. The van der Waals surface area contributed by atoms with E-state index in [2.05, 4.69) is 10.3 Å². The molecule has 2 heterocycles. The van der Waals surface area contributed by atoms with E-state index in [9.17, 15) is 9.59 Å². The maximum Gasteiger partial charge on any atom is 0.339 e. The first-order chi connectivity index (χ1) is 9.24. The van der Waals surface area contributed by atoms with Crippen LogP contribution in [0.25, 0.3) is 0 Å². The van der Waals surface area contributed by atoms with Crippen LogP contribution < -0.4 is 5.32 Å². The van der Waals surface area contributed by atoms with Gasteiger partial charge in [0, 0.05) is 17.1 Å². The van der Waals surface area contributed by atoms with Crippen LogP contribution in [0, 0.1) is 0 Å². The quantitative estimate of drug-likeness (QED) is 0.872. The molecule has 2 aromatic rings. The lowest BCUT2D eigenvalue weighted by Gasteiger charge is -2.09. The Bertz CT molecular complexity index is 625. The number of fused-ring (bicyclic) bond motifs is 1. The number of nitrogens with one attached hydrogen (secondary N) is 1. The number of thiazole rings is 1. The van der Waals surface area contributed by atoms with E-state index in [0.717, 1.165) is 5.56 Å². The minimum Gasteiger partial charge on any atom is -0.453 e. The van der Waals surface area contributed by atoms with E-state index in [1.54, 1.807) is 23.7 Å². The normalized spacial score (nSPS) is 16.8. The van der Waals surface area contributed by atoms with E-state index in [1.165, 1.54) is 11.3 Å². The number of ether oxygens (including phenoxy) is 1. The van der Waals surface area contributed by atoms with Crippen LogP contribution in [0.4, 0.5) is 5.13 Å². The van der Waals surface area contributed by atoms with E-state index >= 15 is 0 Å². The van der Waals surface area contributed by atoms with Gasteiger partial charge in [0.2, 0.25) is 5.91 Å². The largest absolute Gasteiger partial charge is 0.453 e. The number of esters is 1. The van der Waals surface area contributed by atoms with Crippen molar-refractivity contribution in [3.63, 3.8) is 0 Å². The van der Waals surface area contributed by atoms with Crippen molar-refractivity contribution in [3.05, 3.63) is 47.0 Å². The van der Waals surface area contributed by atoms with Crippen LogP contribution in [0.5, 0.6) is 0 Å². The third-order valence-electron chi connectivity index (χ3n) is 2.83. The number of rotatable bonds is 3. The zero-order valence-electron chi connectivity index (χ0n) is 9.83. The van der Waals surface area contributed by atoms with Gasteiger partial charge in [-0.25, -0.2) is 9.78 Å². The van der Waals surface area contributed by atoms with Gasteiger partial charge < -0.3 is 10.1 Å². The lowest BCUT2D eigenvalue weighted by Crippen LogP contribution is -2.15. The number of hydrogen-bond donors (Lipinski definition) is 1. The number of hydrogen-bond acceptors (Lipinski definition) is 5. The molecule has 1 aliphatic rings. The first kappa shape index (κ1) is 11.9. The molecule has 0 aliphatic carbocycles. The van der Waals surface area contributed by atoms with Gasteiger partial charge in [-0.3, -0.25) is 4.79 Å². The SMILES string of the molecule is O=C(C[C@@H]1OC(=O)c2ccccc21)Nc1nccs1. The number of anilines is 1. The van der Waals surface area contributed by atoms with E-state index in [1.807, 2.05) is 12.1 Å². The summed E-state index contributed by atoms with van der Waals surface area (Å²) in [6.45, 7) is 0. The Kier molecular flexibility index (Phi) is 3.00. The molecule has 3 rings (SSSR count). The second kappa shape index (κ2) is 4.81. The first-order valence-corrected chi connectivity index (χ1v) is 6.61. The van der Waals surface area contributed by atoms with Crippen molar-refractivity contribution < 1.29 is 14.3 Å². The molecule has 0 saturated carbocycles. The van der Waals surface area contributed by atoms with Crippen LogP contribution >= 0.6 is 11.3 Å². The molecule has 1 aromatic heterocycles. The summed E-state index contributed by atoms with van der Waals surface area (Å²) in [5.41, 5.74) is 1.30. The molecule has 1 atom stereocenters. The van der Waals surface area contributed by atoms with Gasteiger partial charge in [0.1, 0.15) is 6.10 Å². The first-order valence-electron chi connectivity index (χ1n) is 5.73. The predicted molar refractivity (Wildman–Crippen MR) is 70.0 cm³/mol. The van der Waals surface area contributed by atoms with E-state index in [-0.39, 0.29) is 18.3 Å². The maximum atomic E-state index is 11.8. The van der Waals surface area contributed by atoms with Crippen molar-refractivity contribution in [2.75, 3.05) is 5.32 Å². The molecule has 0 saturated heterocycles. The fourth-order valence-electron chi connectivity index (χ4n) is 2.00. The molecule has 0 spiro atoms. The lowest BCUT2D eigenvalue weighted by atomic mass is 10.0. The van der Waals surface area contributed by atoms with Crippen LogP contribution in [0.1, 0.15) is 28.4 Å². The van der Waals surface area contributed by atoms with Crippen LogP contribution in [0.3, 0.4) is 0 Å². The molecule has 1 amide bonds. The van der Waals surface area contributed by atoms with Crippen LogP contribution in [-0.2, 0) is 9.53 Å². The average molecular weight is 274 g/mol. The maximum absolute atomic E-state index is 11.8. The number of benzene rings is 1. The van der Waals surface area contributed by atoms with Crippen molar-refractivity contribution in [2.45, 2.75) is 12.5 Å². The molecule has 0 radical (unpaired) electrons. The summed E-state index contributed by atoms with van der Waals surface area (Å²) in [7, 11) is 0. The van der Waals surface area contributed by atoms with Crippen molar-refractivity contribution in [3.8, 4) is 0 Å². The van der Waals surface area contributed by atoms with Crippen LogP contribution in [-0.4, -0.2) is 16.9 Å². The monoisotopic (exact) mass is 274 g/mol. The number of carbonyl (C=O) groups is 2. The Morgan fingerprint density at radius 2 is 2.26 bits per heavy atom. The van der Waals surface area contributed by atoms with Gasteiger partial charge in [-0.1, -0.05) is 18.2 Å². The van der Waals surface area contributed by atoms with Gasteiger partial charge in [-0.05, 0) is 6.07 Å². The number of cyclic esters (lactones) is 1. The minimum atomic E-state index is -0.510. The Labute approximate surface area is 113 Å². The summed E-state index contributed by atoms with van der Waals surface area (Å²) < 4.78 is 5.20. The predicted octanol–water partition coefficient (Wildman–Crippen LogP) is 2.38. The molecule has 1 N–H and O–H groups in total. The van der Waals surface area contributed by atoms with Crippen LogP contribution in [0.15, 0.2) is 35.8 Å². The zero-order chi connectivity index (χ0) is 13.2. The summed E-state index contributed by atoms with van der Waals surface area (Å²) in [5.74, 6) is -0.591. The third kappa shape index (κ3) is 2.34. The highest BCUT2D eigenvalue weighted by molar-refractivity contribution is 7.13. The van der Waals surface area contributed by atoms with Gasteiger partial charge in [0.25, 0.3) is 0 Å². The smallest absolute Gasteiger partial charge is 0.339 e. The number of nitrogens with zero attached hydrogens (tertiary/aromatic N) is 1. The molecule has 1 aromatic carbocycles. The molecule has 0 bridgehead atoms. The summed E-state index contributed by atoms with van der Waals surface area (Å²) in [5, 5.41) is 4.99. The topological polar surface area (TPSA) is 68.3 Å². The van der Waals surface area contributed by atoms with Crippen molar-refractivity contribution in [1.82, 2.24) is 4.98 Å². The van der Waals surface area contributed by atoms with E-state index in [0.29, 0.717) is 10.7 Å². The van der Waals surface area contributed by atoms with E-state index in [4.69, 9.17) is 4.74 Å². The second-order valence-electron chi connectivity index (χ2n) is 4.07. The summed E-state index contributed by atoms with van der Waals surface area (Å²) in [4.78, 5) is 27.4. The summed E-state index contributed by atoms with van der Waals surface area (Å²) in [6.07, 6.45) is 1.21. The Morgan fingerprint density at radius 3 is 3.05 bits per heavy atom. The van der Waals surface area contributed by atoms with E-state index < -0.39 is 6.10 Å². The van der Waals surface area contributed by atoms with Crippen LogP contribution in [0.2, 0.25) is 0 Å². The highest BCUT2D eigenvalue weighted by atomic mass is 32.1. The molecule has 1 aliphatic heterocycles. The molecular weight excluding hydrogens is 264 g/mol. The molecule has 5 nitrogen and oxygen atoms in total. The second-order valence-corrected chi connectivity index (χ2v) is 4.97. The van der Waals surface area contributed by atoms with Gasteiger partial charge in [0.15, 0.2) is 5.13 Å². The van der Waals surface area contributed by atoms with Gasteiger partial charge >= 0.3 is 5.97 Å². The van der Waals surface area contributed by atoms with Gasteiger partial charge in [-0.15, -0.1) is 11.3 Å². The molecule has 19 heavy (non-hydrogen) atoms. The zero-order valence-corrected chi connectivity index (χ0v) is 10.6. The molecular formula is C13H10N2O3S. The highest BCUT2D eigenvalue weighted by Crippen LogP contribution is 2.32. The fourth-order valence-corrected chi connectivity index (χ4v) is 2.54. The Balaban J connectivity index is 1.71. The number of aromatic nitrogens is 1. The molecule has 0 fully saturated rings. The standard InChI is InChI=1S/C13H10N2O3S/c16-11(15-13-14-5-6-19-13)7-10-8-3-1-2-4-9(8)12(17)18-10/h1-6,10H,7H2,(H,14,15,16)/t10-/m0/s1. The highest BCUT2D eigenvalue weighted by Gasteiger charge is 2.32. The number of carbonyl (C=O) groups excluding carboxylic acids is 2. The average Bonchev–Trinajstić information content (AvgIpc) is 3.00. The fraction of sp³-hybridized carbons (Fsp3) is 0.154. The Hall–Kier alpha value is -2.21. The minimum absolute atomic E-state index is 0.0995. The number of amides is 1. The van der Waals surface area contributed by atoms with Gasteiger partial charge in [-0.2, -0.15) is 0 Å². The summed E-state index contributed by atoms with van der Waals surface area (Å²) in [6, 6.07) is 7.11. The van der Waals surface area contributed by atoms with Crippen molar-refractivity contribution in [2.24, 2.45) is 0 Å². The van der Waals surface area contributed by atoms with Crippen molar-refractivity contribution >= 4 is 28.3 Å². The van der Waals surface area contributed by atoms with Crippen molar-refractivity contribution in [1.29, 1.82) is 0 Å².